The molecule has 0 spiro atoms. The van der Waals surface area contributed by atoms with Gasteiger partial charge in [0.25, 0.3) is 0 Å². The molecule has 0 unspecified atom stereocenters. The van der Waals surface area contributed by atoms with Crippen LogP contribution in [0.25, 0.3) is 5.65 Å². The normalized spacial score (nSPS) is 12.0. The van der Waals surface area contributed by atoms with E-state index in [0.717, 1.165) is 17.0 Å². The third-order valence-electron chi connectivity index (χ3n) is 4.18. The maximum atomic E-state index is 12.2. The molecule has 2 aromatic heterocycles. The molecule has 3 aromatic rings. The Morgan fingerprint density at radius 1 is 1.26 bits per heavy atom. The average Bonchev–Trinajstić information content (AvgIpc) is 3.00. The van der Waals surface area contributed by atoms with E-state index in [-0.39, 0.29) is 25.5 Å². The Hall–Kier alpha value is -3.06. The Bertz CT molecular complexity index is 922. The predicted molar refractivity (Wildman–Crippen MR) is 101 cm³/mol. The van der Waals surface area contributed by atoms with E-state index < -0.39 is 6.10 Å². The Morgan fingerprint density at radius 3 is 2.89 bits per heavy atom. The third kappa shape index (κ3) is 4.77. The van der Waals surface area contributed by atoms with Gasteiger partial charge < -0.3 is 24.3 Å². The molecule has 27 heavy (non-hydrogen) atoms. The van der Waals surface area contributed by atoms with Crippen LogP contribution < -0.4 is 14.8 Å². The van der Waals surface area contributed by atoms with Crippen molar-refractivity contribution in [2.24, 2.45) is 0 Å². The highest BCUT2D eigenvalue weighted by Gasteiger charge is 2.14. The highest BCUT2D eigenvalue weighted by atomic mass is 16.5. The van der Waals surface area contributed by atoms with Gasteiger partial charge in [-0.3, -0.25) is 4.79 Å². The van der Waals surface area contributed by atoms with Crippen molar-refractivity contribution in [3.05, 3.63) is 60.0 Å². The second-order valence-corrected chi connectivity index (χ2v) is 6.20. The molecule has 3 rings (SSSR count). The van der Waals surface area contributed by atoms with Gasteiger partial charge in [0.2, 0.25) is 5.91 Å². The van der Waals surface area contributed by atoms with Crippen LogP contribution in [0.2, 0.25) is 0 Å². The standard InChI is InChI=1S/C20H23N3O4/c1-14-18(23-9-4-3-8-19(23)22-14)11-20(25)21-12-15(24)13-27-17-7-5-6-16(10-17)26-2/h3-10,15,24H,11-13H2,1-2H3,(H,21,25)/t15-/m1/s1. The van der Waals surface area contributed by atoms with Gasteiger partial charge in [0.05, 0.1) is 24.9 Å². The van der Waals surface area contributed by atoms with E-state index in [1.54, 1.807) is 25.3 Å². The molecule has 2 N–H and O–H groups in total. The molecule has 0 bridgehead atoms. The largest absolute Gasteiger partial charge is 0.497 e. The second-order valence-electron chi connectivity index (χ2n) is 6.20. The second kappa shape index (κ2) is 8.55. The zero-order valence-electron chi connectivity index (χ0n) is 15.4. The molecular weight excluding hydrogens is 346 g/mol. The number of imidazole rings is 1. The number of benzene rings is 1. The van der Waals surface area contributed by atoms with Crippen molar-refractivity contribution in [3.8, 4) is 11.5 Å². The number of fused-ring (bicyclic) bond motifs is 1. The van der Waals surface area contributed by atoms with Gasteiger partial charge in [0.15, 0.2) is 0 Å². The van der Waals surface area contributed by atoms with Gasteiger partial charge in [-0.15, -0.1) is 0 Å². The number of methoxy groups -OCH3 is 1. The molecule has 0 aliphatic carbocycles. The third-order valence-corrected chi connectivity index (χ3v) is 4.18. The summed E-state index contributed by atoms with van der Waals surface area (Å²) in [6.07, 6.45) is 1.26. The zero-order chi connectivity index (χ0) is 19.2. The molecule has 1 aromatic carbocycles. The summed E-state index contributed by atoms with van der Waals surface area (Å²) in [7, 11) is 1.58. The number of nitrogens with one attached hydrogen (secondary N) is 1. The number of aromatic nitrogens is 2. The molecule has 0 radical (unpaired) electrons. The number of hydrogen-bond acceptors (Lipinski definition) is 5. The predicted octanol–water partition coefficient (Wildman–Crippen LogP) is 1.75. The van der Waals surface area contributed by atoms with E-state index >= 15 is 0 Å². The number of nitrogens with zero attached hydrogens (tertiary/aromatic N) is 2. The minimum atomic E-state index is -0.816. The molecule has 0 fully saturated rings. The van der Waals surface area contributed by atoms with Crippen LogP contribution in [0.4, 0.5) is 0 Å². The Labute approximate surface area is 157 Å². The molecule has 0 saturated heterocycles. The number of aryl methyl sites for hydroxylation is 1. The molecule has 0 saturated carbocycles. The summed E-state index contributed by atoms with van der Waals surface area (Å²) in [6.45, 7) is 2.06. The molecule has 142 valence electrons. The van der Waals surface area contributed by atoms with E-state index in [1.165, 1.54) is 0 Å². The fourth-order valence-electron chi connectivity index (χ4n) is 2.77. The molecule has 0 aliphatic rings. The fraction of sp³-hybridized carbons (Fsp3) is 0.300. The Morgan fingerprint density at radius 2 is 2.07 bits per heavy atom. The first-order chi connectivity index (χ1) is 13.1. The number of amides is 1. The van der Waals surface area contributed by atoms with Gasteiger partial charge in [0.1, 0.15) is 29.9 Å². The summed E-state index contributed by atoms with van der Waals surface area (Å²) in [5.74, 6) is 1.10. The van der Waals surface area contributed by atoms with Crippen molar-refractivity contribution >= 4 is 11.6 Å². The summed E-state index contributed by atoms with van der Waals surface area (Å²) in [4.78, 5) is 16.7. The lowest BCUT2D eigenvalue weighted by molar-refractivity contribution is -0.121. The topological polar surface area (TPSA) is 85.1 Å². The van der Waals surface area contributed by atoms with Crippen LogP contribution in [0, 0.1) is 6.92 Å². The van der Waals surface area contributed by atoms with Gasteiger partial charge in [0, 0.05) is 18.8 Å². The molecular formula is C20H23N3O4. The lowest BCUT2D eigenvalue weighted by atomic mass is 10.2. The molecule has 1 atom stereocenters. The van der Waals surface area contributed by atoms with Crippen molar-refractivity contribution in [2.45, 2.75) is 19.4 Å². The minimum absolute atomic E-state index is 0.0715. The van der Waals surface area contributed by atoms with Crippen molar-refractivity contribution < 1.29 is 19.4 Å². The summed E-state index contributed by atoms with van der Waals surface area (Å²) >= 11 is 0. The van der Waals surface area contributed by atoms with Crippen LogP contribution >= 0.6 is 0 Å². The summed E-state index contributed by atoms with van der Waals surface area (Å²) in [5, 5.41) is 12.8. The highest BCUT2D eigenvalue weighted by molar-refractivity contribution is 5.78. The zero-order valence-corrected chi connectivity index (χ0v) is 15.4. The average molecular weight is 369 g/mol. The van der Waals surface area contributed by atoms with Crippen LogP contribution in [0.5, 0.6) is 11.5 Å². The van der Waals surface area contributed by atoms with E-state index in [0.29, 0.717) is 11.5 Å². The van der Waals surface area contributed by atoms with Gasteiger partial charge in [-0.05, 0) is 31.2 Å². The van der Waals surface area contributed by atoms with Crippen LogP contribution in [0.1, 0.15) is 11.4 Å². The van der Waals surface area contributed by atoms with E-state index in [1.807, 2.05) is 41.8 Å². The maximum absolute atomic E-state index is 12.2. The van der Waals surface area contributed by atoms with Crippen LogP contribution in [0.15, 0.2) is 48.7 Å². The van der Waals surface area contributed by atoms with Crippen LogP contribution in [0.3, 0.4) is 0 Å². The van der Waals surface area contributed by atoms with Gasteiger partial charge in [-0.1, -0.05) is 12.1 Å². The maximum Gasteiger partial charge on any atom is 0.226 e. The number of pyridine rings is 1. The van der Waals surface area contributed by atoms with Gasteiger partial charge >= 0.3 is 0 Å². The van der Waals surface area contributed by atoms with Crippen LogP contribution in [-0.2, 0) is 11.2 Å². The first kappa shape index (κ1) is 18.7. The van der Waals surface area contributed by atoms with Crippen molar-refractivity contribution in [1.29, 1.82) is 0 Å². The SMILES string of the molecule is COc1cccc(OC[C@H](O)CNC(=O)Cc2c(C)nc3ccccn23)c1. The number of rotatable bonds is 8. The van der Waals surface area contributed by atoms with Crippen LogP contribution in [-0.4, -0.2) is 46.8 Å². The number of aliphatic hydroxyl groups is 1. The number of carbonyl (C=O) groups is 1. The van der Waals surface area contributed by atoms with Crippen molar-refractivity contribution in [2.75, 3.05) is 20.3 Å². The van der Waals surface area contributed by atoms with Gasteiger partial charge in [-0.2, -0.15) is 0 Å². The quantitative estimate of drug-likeness (QED) is 0.632. The molecule has 7 heteroatoms. The Balaban J connectivity index is 1.49. The van der Waals surface area contributed by atoms with Crippen molar-refractivity contribution in [3.63, 3.8) is 0 Å². The van der Waals surface area contributed by atoms with Crippen molar-refractivity contribution in [1.82, 2.24) is 14.7 Å². The molecule has 1 amide bonds. The highest BCUT2D eigenvalue weighted by Crippen LogP contribution is 2.18. The minimum Gasteiger partial charge on any atom is -0.497 e. The first-order valence-corrected chi connectivity index (χ1v) is 8.71. The van der Waals surface area contributed by atoms with E-state index in [4.69, 9.17) is 9.47 Å². The van der Waals surface area contributed by atoms with Gasteiger partial charge in [-0.25, -0.2) is 4.98 Å². The lowest BCUT2D eigenvalue weighted by Gasteiger charge is -2.14. The molecule has 2 heterocycles. The molecule has 0 aliphatic heterocycles. The number of hydrogen-bond donors (Lipinski definition) is 2. The summed E-state index contributed by atoms with van der Waals surface area (Å²) in [5.41, 5.74) is 2.47. The fourth-order valence-corrected chi connectivity index (χ4v) is 2.77. The molecule has 7 nitrogen and oxygen atoms in total. The van der Waals surface area contributed by atoms with E-state index in [2.05, 4.69) is 10.3 Å². The summed E-state index contributed by atoms with van der Waals surface area (Å²) < 4.78 is 12.6. The number of carbonyl (C=O) groups excluding carboxylic acids is 1. The summed E-state index contributed by atoms with van der Waals surface area (Å²) in [6, 6.07) is 12.8. The lowest BCUT2D eigenvalue weighted by Crippen LogP contribution is -2.36. The first-order valence-electron chi connectivity index (χ1n) is 8.71. The Kier molecular flexibility index (Phi) is 5.93. The monoisotopic (exact) mass is 369 g/mol. The number of ether oxygens (including phenoxy) is 2. The smallest absolute Gasteiger partial charge is 0.226 e. The van der Waals surface area contributed by atoms with E-state index in [9.17, 15) is 9.90 Å². The number of aliphatic hydroxyl groups excluding tert-OH is 1.